The van der Waals surface area contributed by atoms with Gasteiger partial charge in [-0.3, -0.25) is 9.36 Å². The van der Waals surface area contributed by atoms with Crippen LogP contribution in [-0.4, -0.2) is 37.0 Å². The van der Waals surface area contributed by atoms with Gasteiger partial charge in [0.05, 0.1) is 17.6 Å². The summed E-state index contributed by atoms with van der Waals surface area (Å²) in [4.78, 5) is 28.6. The number of carbonyl (C=O) groups is 1. The van der Waals surface area contributed by atoms with Gasteiger partial charge in [0, 0.05) is 18.5 Å². The minimum atomic E-state index is -0.903. The average molecular weight is 451 g/mol. The molecule has 1 aliphatic heterocycles. The molecule has 4 aromatic rings. The molecule has 4 heterocycles. The maximum Gasteiger partial charge on any atom is 0.260 e. The lowest BCUT2D eigenvalue weighted by Crippen LogP contribution is -2.17. The predicted octanol–water partition coefficient (Wildman–Crippen LogP) is 4.19. The maximum absolute atomic E-state index is 14.8. The van der Waals surface area contributed by atoms with Gasteiger partial charge < -0.3 is 15.4 Å². The van der Waals surface area contributed by atoms with E-state index in [1.54, 1.807) is 6.33 Å². The molecule has 0 spiro atoms. The molecular weight excluding hydrogens is 432 g/mol. The SMILES string of the molecule is O=C(Nc1ccc(Nc2ncnc3c2ncn3C2CCCCO2)c(F)c1)c1cccnc1F. The van der Waals surface area contributed by atoms with Crippen LogP contribution in [0.25, 0.3) is 11.2 Å². The van der Waals surface area contributed by atoms with Gasteiger partial charge in [-0.15, -0.1) is 0 Å². The number of carbonyl (C=O) groups excluding carboxylic acids is 1. The molecule has 1 saturated heterocycles. The van der Waals surface area contributed by atoms with Crippen LogP contribution in [0.4, 0.5) is 26.0 Å². The first-order valence-corrected chi connectivity index (χ1v) is 10.4. The van der Waals surface area contributed by atoms with Crippen molar-refractivity contribution >= 4 is 34.3 Å². The van der Waals surface area contributed by atoms with Crippen LogP contribution in [0.1, 0.15) is 35.8 Å². The van der Waals surface area contributed by atoms with Gasteiger partial charge in [0.1, 0.15) is 18.4 Å². The number of halogens is 2. The van der Waals surface area contributed by atoms with Crippen LogP contribution in [0.3, 0.4) is 0 Å². The summed E-state index contributed by atoms with van der Waals surface area (Å²) in [5.74, 6) is -1.93. The van der Waals surface area contributed by atoms with Crippen molar-refractivity contribution in [1.82, 2.24) is 24.5 Å². The van der Waals surface area contributed by atoms with Crippen LogP contribution in [0.2, 0.25) is 0 Å². The first-order valence-electron chi connectivity index (χ1n) is 10.4. The number of anilines is 3. The lowest BCUT2D eigenvalue weighted by Gasteiger charge is -2.23. The fourth-order valence-electron chi connectivity index (χ4n) is 3.67. The molecule has 5 rings (SSSR count). The first kappa shape index (κ1) is 20.9. The summed E-state index contributed by atoms with van der Waals surface area (Å²) < 4.78 is 36.1. The molecule has 0 saturated carbocycles. The molecule has 1 fully saturated rings. The van der Waals surface area contributed by atoms with Crippen molar-refractivity contribution < 1.29 is 18.3 Å². The Hall–Kier alpha value is -3.99. The minimum absolute atomic E-state index is 0.129. The molecule has 168 valence electrons. The zero-order valence-electron chi connectivity index (χ0n) is 17.3. The quantitative estimate of drug-likeness (QED) is 0.438. The number of rotatable bonds is 5. The summed E-state index contributed by atoms with van der Waals surface area (Å²) in [6.45, 7) is 0.683. The van der Waals surface area contributed by atoms with Crippen LogP contribution in [0.15, 0.2) is 49.2 Å². The normalized spacial score (nSPS) is 16.0. The minimum Gasteiger partial charge on any atom is -0.358 e. The largest absolute Gasteiger partial charge is 0.358 e. The monoisotopic (exact) mass is 451 g/mol. The van der Waals surface area contributed by atoms with Crippen molar-refractivity contribution in [2.75, 3.05) is 17.2 Å². The highest BCUT2D eigenvalue weighted by molar-refractivity contribution is 6.04. The Morgan fingerprint density at radius 2 is 2.03 bits per heavy atom. The van der Waals surface area contributed by atoms with E-state index in [1.807, 2.05) is 4.57 Å². The first-order chi connectivity index (χ1) is 16.1. The third-order valence-electron chi connectivity index (χ3n) is 5.31. The topological polar surface area (TPSA) is 107 Å². The van der Waals surface area contributed by atoms with Gasteiger partial charge in [0.25, 0.3) is 5.91 Å². The zero-order valence-corrected chi connectivity index (χ0v) is 17.3. The number of nitrogens with one attached hydrogen (secondary N) is 2. The van der Waals surface area contributed by atoms with Crippen LogP contribution in [0.5, 0.6) is 0 Å². The Bertz CT molecular complexity index is 1320. The molecule has 3 aromatic heterocycles. The van der Waals surface area contributed by atoms with Gasteiger partial charge >= 0.3 is 0 Å². The van der Waals surface area contributed by atoms with Crippen LogP contribution < -0.4 is 10.6 Å². The second kappa shape index (κ2) is 8.87. The van der Waals surface area contributed by atoms with Crippen molar-refractivity contribution in [3.8, 4) is 0 Å². The van der Waals surface area contributed by atoms with Gasteiger partial charge in [-0.25, -0.2) is 24.3 Å². The van der Waals surface area contributed by atoms with E-state index in [0.717, 1.165) is 25.3 Å². The van der Waals surface area contributed by atoms with Crippen molar-refractivity contribution in [1.29, 1.82) is 0 Å². The number of amides is 1. The number of pyridine rings is 1. The second-order valence-electron chi connectivity index (χ2n) is 7.48. The maximum atomic E-state index is 14.8. The summed E-state index contributed by atoms with van der Waals surface area (Å²) in [7, 11) is 0. The number of ether oxygens (including phenoxy) is 1. The molecule has 1 aliphatic rings. The van der Waals surface area contributed by atoms with Gasteiger partial charge in [-0.1, -0.05) is 0 Å². The standard InChI is InChI=1S/C22H19F2N7O2/c23-15-10-13(29-22(32)14-4-3-8-25-19(14)24)6-7-16(15)30-20-18-21(27-11-26-20)31(12-28-18)17-5-1-2-9-33-17/h3-4,6-8,10-12,17H,1-2,5,9H2,(H,29,32)(H,26,27,30). The molecule has 11 heteroatoms. The third-order valence-corrected chi connectivity index (χ3v) is 5.31. The predicted molar refractivity (Wildman–Crippen MR) is 116 cm³/mol. The summed E-state index contributed by atoms with van der Waals surface area (Å²) >= 11 is 0. The van der Waals surface area contributed by atoms with Gasteiger partial charge in [0.15, 0.2) is 17.0 Å². The Balaban J connectivity index is 1.36. The van der Waals surface area contributed by atoms with Crippen molar-refractivity contribution in [2.24, 2.45) is 0 Å². The second-order valence-corrected chi connectivity index (χ2v) is 7.48. The van der Waals surface area contributed by atoms with Crippen molar-refractivity contribution in [2.45, 2.75) is 25.5 Å². The highest BCUT2D eigenvalue weighted by atomic mass is 19.1. The van der Waals surface area contributed by atoms with Crippen LogP contribution in [-0.2, 0) is 4.74 Å². The molecule has 1 unspecified atom stereocenters. The summed E-state index contributed by atoms with van der Waals surface area (Å²) in [6.07, 6.45) is 7.06. The number of aromatic nitrogens is 5. The lowest BCUT2D eigenvalue weighted by atomic mass is 10.2. The molecule has 1 amide bonds. The molecule has 0 radical (unpaired) electrons. The van der Waals surface area contributed by atoms with Crippen LogP contribution >= 0.6 is 0 Å². The van der Waals surface area contributed by atoms with Gasteiger partial charge in [0.2, 0.25) is 5.95 Å². The summed E-state index contributed by atoms with van der Waals surface area (Å²) in [5.41, 5.74) is 1.13. The summed E-state index contributed by atoms with van der Waals surface area (Å²) in [6, 6.07) is 6.79. The van der Waals surface area contributed by atoms with E-state index in [0.29, 0.717) is 23.6 Å². The van der Waals surface area contributed by atoms with Crippen LogP contribution in [0, 0.1) is 11.8 Å². The number of hydrogen-bond donors (Lipinski definition) is 2. The van der Waals surface area contributed by atoms with E-state index in [4.69, 9.17) is 4.74 Å². The number of hydrogen-bond acceptors (Lipinski definition) is 7. The van der Waals surface area contributed by atoms with Gasteiger partial charge in [-0.2, -0.15) is 4.39 Å². The van der Waals surface area contributed by atoms with E-state index in [9.17, 15) is 13.6 Å². The Labute approximate surface area is 186 Å². The van der Waals surface area contributed by atoms with Crippen molar-refractivity contribution in [3.63, 3.8) is 0 Å². The molecule has 9 nitrogen and oxygen atoms in total. The Morgan fingerprint density at radius 3 is 2.82 bits per heavy atom. The Morgan fingerprint density at radius 1 is 1.12 bits per heavy atom. The molecule has 1 atom stereocenters. The number of imidazole rings is 1. The fraction of sp³-hybridized carbons (Fsp3) is 0.227. The van der Waals surface area contributed by atoms with Gasteiger partial charge in [-0.05, 0) is 49.6 Å². The highest BCUT2D eigenvalue weighted by Gasteiger charge is 2.20. The number of nitrogens with zero attached hydrogens (tertiary/aromatic N) is 5. The van der Waals surface area contributed by atoms with E-state index in [-0.39, 0.29) is 23.2 Å². The van der Waals surface area contributed by atoms with E-state index < -0.39 is 17.7 Å². The molecule has 0 bridgehead atoms. The highest BCUT2D eigenvalue weighted by Crippen LogP contribution is 2.29. The third kappa shape index (κ3) is 4.22. The van der Waals surface area contributed by atoms with E-state index >= 15 is 0 Å². The molecule has 2 N–H and O–H groups in total. The van der Waals surface area contributed by atoms with E-state index in [1.165, 1.54) is 36.8 Å². The smallest absolute Gasteiger partial charge is 0.260 e. The fourth-order valence-corrected chi connectivity index (χ4v) is 3.67. The number of benzene rings is 1. The number of fused-ring (bicyclic) bond motifs is 1. The lowest BCUT2D eigenvalue weighted by molar-refractivity contribution is -0.0298. The molecular formula is C22H19F2N7O2. The molecule has 33 heavy (non-hydrogen) atoms. The molecule has 1 aromatic carbocycles. The molecule has 0 aliphatic carbocycles. The summed E-state index contributed by atoms with van der Waals surface area (Å²) in [5, 5.41) is 5.39. The van der Waals surface area contributed by atoms with Crippen molar-refractivity contribution in [3.05, 3.63) is 66.5 Å². The zero-order chi connectivity index (χ0) is 22.8. The van der Waals surface area contributed by atoms with E-state index in [2.05, 4.69) is 30.6 Å². The Kier molecular flexibility index (Phi) is 5.61. The average Bonchev–Trinajstić information content (AvgIpc) is 3.27.